The number of carbonyl (C=O) groups is 2. The molecule has 0 N–H and O–H groups in total. The van der Waals surface area contributed by atoms with E-state index in [2.05, 4.69) is 6.58 Å². The zero-order valence-corrected chi connectivity index (χ0v) is 6.94. The highest BCUT2D eigenvalue weighted by Crippen LogP contribution is 2.31. The van der Waals surface area contributed by atoms with Crippen molar-refractivity contribution in [2.75, 3.05) is 0 Å². The molecule has 1 aliphatic carbocycles. The molecule has 0 aromatic carbocycles. The van der Waals surface area contributed by atoms with Crippen molar-refractivity contribution in [1.82, 2.24) is 0 Å². The van der Waals surface area contributed by atoms with Crippen LogP contribution in [0, 0.1) is 5.41 Å². The van der Waals surface area contributed by atoms with E-state index in [0.29, 0.717) is 12.0 Å². The summed E-state index contributed by atoms with van der Waals surface area (Å²) in [5.41, 5.74) is -0.0434. The zero-order valence-electron chi connectivity index (χ0n) is 6.94. The highest BCUT2D eigenvalue weighted by atomic mass is 16.1. The smallest absolute Gasteiger partial charge is 0.164 e. The van der Waals surface area contributed by atoms with Crippen molar-refractivity contribution < 1.29 is 9.59 Å². The molecule has 0 aliphatic heterocycles. The van der Waals surface area contributed by atoms with Gasteiger partial charge in [-0.3, -0.25) is 9.59 Å². The number of Topliss-reactive ketones (excluding diaryl/α,β-unsaturated/α-hetero) is 2. The quantitative estimate of drug-likeness (QED) is 0.493. The summed E-state index contributed by atoms with van der Waals surface area (Å²) in [6.07, 6.45) is 0.618. The van der Waals surface area contributed by atoms with E-state index in [1.165, 1.54) is 0 Å². The molecule has 0 aromatic rings. The fourth-order valence-electron chi connectivity index (χ4n) is 1.43. The molecule has 1 saturated carbocycles. The van der Waals surface area contributed by atoms with Crippen LogP contribution in [0.25, 0.3) is 0 Å². The third-order valence-electron chi connectivity index (χ3n) is 1.99. The van der Waals surface area contributed by atoms with Crippen LogP contribution >= 0.6 is 0 Å². The van der Waals surface area contributed by atoms with Gasteiger partial charge in [0.15, 0.2) is 5.78 Å². The highest BCUT2D eigenvalue weighted by Gasteiger charge is 2.36. The molecule has 0 atom stereocenters. The maximum atomic E-state index is 11.3. The van der Waals surface area contributed by atoms with Gasteiger partial charge in [0.1, 0.15) is 5.78 Å². The van der Waals surface area contributed by atoms with Crippen molar-refractivity contribution in [1.29, 1.82) is 0 Å². The highest BCUT2D eigenvalue weighted by molar-refractivity contribution is 6.08. The molecule has 1 rings (SSSR count). The number of hydrogen-bond acceptors (Lipinski definition) is 2. The van der Waals surface area contributed by atoms with E-state index < -0.39 is 5.41 Å². The number of rotatable bonds is 0. The summed E-state index contributed by atoms with van der Waals surface area (Å²) in [6.45, 7) is 7.15. The molecule has 1 fully saturated rings. The first-order valence-electron chi connectivity index (χ1n) is 3.68. The third-order valence-corrected chi connectivity index (χ3v) is 1.99. The van der Waals surface area contributed by atoms with Crippen LogP contribution in [0.2, 0.25) is 0 Å². The van der Waals surface area contributed by atoms with Gasteiger partial charge in [-0.05, 0) is 5.57 Å². The van der Waals surface area contributed by atoms with Gasteiger partial charge in [-0.25, -0.2) is 0 Å². The van der Waals surface area contributed by atoms with Crippen LogP contribution in [0.3, 0.4) is 0 Å². The first-order chi connectivity index (χ1) is 4.93. The Balaban J connectivity index is 2.92. The lowest BCUT2D eigenvalue weighted by atomic mass is 9.74. The van der Waals surface area contributed by atoms with Crippen LogP contribution < -0.4 is 0 Å². The van der Waals surface area contributed by atoms with Gasteiger partial charge < -0.3 is 0 Å². The minimum atomic E-state index is -0.508. The summed E-state index contributed by atoms with van der Waals surface area (Å²) < 4.78 is 0. The van der Waals surface area contributed by atoms with Crippen LogP contribution in [0.15, 0.2) is 12.2 Å². The number of allylic oxidation sites excluding steroid dienone is 1. The topological polar surface area (TPSA) is 34.1 Å². The summed E-state index contributed by atoms with van der Waals surface area (Å²) in [5.74, 6) is 0.164. The van der Waals surface area contributed by atoms with Gasteiger partial charge in [0.2, 0.25) is 0 Å². The SMILES string of the molecule is C=C1CC(=O)CC(C)(C)C1=O. The standard InChI is InChI=1S/C9H12O2/c1-6-4-7(10)5-9(2,3)8(6)11/h1,4-5H2,2-3H3. The van der Waals surface area contributed by atoms with Crippen molar-refractivity contribution in [3.63, 3.8) is 0 Å². The van der Waals surface area contributed by atoms with Gasteiger partial charge in [0, 0.05) is 18.3 Å². The van der Waals surface area contributed by atoms with E-state index in [-0.39, 0.29) is 18.0 Å². The molecule has 0 unspecified atom stereocenters. The van der Waals surface area contributed by atoms with E-state index in [9.17, 15) is 9.59 Å². The second-order valence-corrected chi connectivity index (χ2v) is 3.71. The third kappa shape index (κ3) is 1.39. The molecular formula is C9H12O2. The fraction of sp³-hybridized carbons (Fsp3) is 0.556. The number of carbonyl (C=O) groups excluding carboxylic acids is 2. The molecule has 0 saturated heterocycles. The van der Waals surface area contributed by atoms with Gasteiger partial charge >= 0.3 is 0 Å². The largest absolute Gasteiger partial charge is 0.299 e. The average molecular weight is 152 g/mol. The molecule has 11 heavy (non-hydrogen) atoms. The van der Waals surface area contributed by atoms with Crippen LogP contribution in [0.1, 0.15) is 26.7 Å². The Morgan fingerprint density at radius 1 is 1.36 bits per heavy atom. The maximum absolute atomic E-state index is 11.3. The van der Waals surface area contributed by atoms with Gasteiger partial charge in [0.05, 0.1) is 0 Å². The second-order valence-electron chi connectivity index (χ2n) is 3.71. The molecule has 0 heterocycles. The van der Waals surface area contributed by atoms with Crippen molar-refractivity contribution >= 4 is 11.6 Å². The first kappa shape index (κ1) is 8.18. The van der Waals surface area contributed by atoms with Crippen LogP contribution in [0.4, 0.5) is 0 Å². The molecule has 2 heteroatoms. The summed E-state index contributed by atoms with van der Waals surface area (Å²) in [7, 11) is 0. The van der Waals surface area contributed by atoms with Crippen molar-refractivity contribution in [3.05, 3.63) is 12.2 Å². The Kier molecular flexibility index (Phi) is 1.70. The minimum Gasteiger partial charge on any atom is -0.299 e. The van der Waals surface area contributed by atoms with Gasteiger partial charge in [-0.15, -0.1) is 0 Å². The minimum absolute atomic E-state index is 0.0390. The molecule has 0 spiro atoms. The predicted octanol–water partition coefficient (Wildman–Crippen LogP) is 1.50. The Labute approximate surface area is 66.3 Å². The van der Waals surface area contributed by atoms with Crippen molar-refractivity contribution in [2.24, 2.45) is 5.41 Å². The van der Waals surface area contributed by atoms with Gasteiger partial charge in [-0.2, -0.15) is 0 Å². The summed E-state index contributed by atoms with van der Waals surface area (Å²) in [5, 5.41) is 0. The van der Waals surface area contributed by atoms with E-state index in [1.807, 2.05) is 0 Å². The molecule has 2 nitrogen and oxygen atoms in total. The lowest BCUT2D eigenvalue weighted by molar-refractivity contribution is -0.133. The fourth-order valence-corrected chi connectivity index (χ4v) is 1.43. The number of ketones is 2. The molecule has 1 aliphatic rings. The number of hydrogen-bond donors (Lipinski definition) is 0. The van der Waals surface area contributed by atoms with E-state index >= 15 is 0 Å². The monoisotopic (exact) mass is 152 g/mol. The van der Waals surface area contributed by atoms with Crippen LogP contribution in [0.5, 0.6) is 0 Å². The second kappa shape index (κ2) is 2.29. The molecule has 0 bridgehead atoms. The molecule has 0 aromatic heterocycles. The van der Waals surface area contributed by atoms with Gasteiger partial charge in [0.25, 0.3) is 0 Å². The van der Waals surface area contributed by atoms with Crippen LogP contribution in [-0.4, -0.2) is 11.6 Å². The first-order valence-corrected chi connectivity index (χ1v) is 3.68. The Morgan fingerprint density at radius 2 is 1.91 bits per heavy atom. The average Bonchev–Trinajstić information content (AvgIpc) is 1.81. The Hall–Kier alpha value is -0.920. The summed E-state index contributed by atoms with van der Waals surface area (Å²) >= 11 is 0. The lowest BCUT2D eigenvalue weighted by Crippen LogP contribution is -2.33. The van der Waals surface area contributed by atoms with Crippen LogP contribution in [-0.2, 0) is 9.59 Å². The molecule has 60 valence electrons. The van der Waals surface area contributed by atoms with E-state index in [0.717, 1.165) is 0 Å². The van der Waals surface area contributed by atoms with Gasteiger partial charge in [-0.1, -0.05) is 20.4 Å². The summed E-state index contributed by atoms with van der Waals surface area (Å²) in [4.78, 5) is 22.4. The summed E-state index contributed by atoms with van der Waals surface area (Å²) in [6, 6.07) is 0. The Bertz CT molecular complexity index is 236. The molecule has 0 amide bonds. The van der Waals surface area contributed by atoms with Crippen molar-refractivity contribution in [2.45, 2.75) is 26.7 Å². The molecular weight excluding hydrogens is 140 g/mol. The zero-order chi connectivity index (χ0) is 8.65. The van der Waals surface area contributed by atoms with Crippen molar-refractivity contribution in [3.8, 4) is 0 Å². The van der Waals surface area contributed by atoms with E-state index in [1.54, 1.807) is 13.8 Å². The lowest BCUT2D eigenvalue weighted by Gasteiger charge is -2.27. The molecule has 0 radical (unpaired) electrons. The predicted molar refractivity (Wildman–Crippen MR) is 42.2 cm³/mol. The maximum Gasteiger partial charge on any atom is 0.164 e. The Morgan fingerprint density at radius 3 is 2.36 bits per heavy atom. The normalized spacial score (nSPS) is 24.0. The van der Waals surface area contributed by atoms with E-state index in [4.69, 9.17) is 0 Å².